The van der Waals surface area contributed by atoms with E-state index in [0.717, 1.165) is 23.1 Å². The van der Waals surface area contributed by atoms with Gasteiger partial charge in [-0.3, -0.25) is 4.79 Å². The number of anilines is 1. The average molecular weight is 245 g/mol. The van der Waals surface area contributed by atoms with E-state index in [1.165, 1.54) is 0 Å². The van der Waals surface area contributed by atoms with Gasteiger partial charge in [-0.2, -0.15) is 0 Å². The molecule has 0 aliphatic carbocycles. The minimum absolute atomic E-state index is 0.0480. The number of nitrogens with zero attached hydrogens (tertiary/aromatic N) is 1. The van der Waals surface area contributed by atoms with Crippen LogP contribution >= 0.6 is 0 Å². The van der Waals surface area contributed by atoms with Crippen LogP contribution in [0.1, 0.15) is 6.92 Å². The molecule has 4 nitrogen and oxygen atoms in total. The van der Waals surface area contributed by atoms with Gasteiger partial charge in [0.2, 0.25) is 0 Å². The first-order valence-electron chi connectivity index (χ1n) is 6.10. The van der Waals surface area contributed by atoms with Crippen LogP contribution in [0.2, 0.25) is 0 Å². The van der Waals surface area contributed by atoms with Crippen LogP contribution in [0.5, 0.6) is 0 Å². The van der Waals surface area contributed by atoms with Crippen molar-refractivity contribution in [3.05, 3.63) is 40.7 Å². The Morgan fingerprint density at radius 1 is 1.33 bits per heavy atom. The van der Waals surface area contributed by atoms with E-state index < -0.39 is 0 Å². The highest BCUT2D eigenvalue weighted by molar-refractivity contribution is 5.83. The molecule has 0 aliphatic rings. The maximum Gasteiger partial charge on any atom is 0.257 e. The fraction of sp³-hybridized carbons (Fsp3) is 0.357. The quantitative estimate of drug-likeness (QED) is 0.864. The Kier molecular flexibility index (Phi) is 3.67. The van der Waals surface area contributed by atoms with Crippen molar-refractivity contribution in [3.8, 4) is 0 Å². The largest absolute Gasteiger partial charge is 0.370 e. The number of hydrogen-bond donors (Lipinski definition) is 2. The first-order valence-corrected chi connectivity index (χ1v) is 6.10. The van der Waals surface area contributed by atoms with Crippen LogP contribution < -0.4 is 10.9 Å². The van der Waals surface area contributed by atoms with Crippen molar-refractivity contribution in [2.75, 3.05) is 26.0 Å². The van der Waals surface area contributed by atoms with E-state index in [1.54, 1.807) is 0 Å². The molecule has 1 aromatic heterocycles. The van der Waals surface area contributed by atoms with E-state index in [2.05, 4.69) is 22.1 Å². The number of fused-ring (bicyclic) bond motifs is 1. The molecule has 2 N–H and O–H groups in total. The van der Waals surface area contributed by atoms with Crippen LogP contribution in [0.4, 0.5) is 5.82 Å². The SMILES string of the molecule is CC(CNc1cc2ccccc2c(=O)[nH]1)N(C)C. The second-order valence-electron chi connectivity index (χ2n) is 4.79. The Morgan fingerprint density at radius 3 is 2.78 bits per heavy atom. The number of likely N-dealkylation sites (N-methyl/N-ethyl adjacent to an activating group) is 1. The van der Waals surface area contributed by atoms with Crippen molar-refractivity contribution >= 4 is 16.6 Å². The Labute approximate surface area is 107 Å². The molecule has 0 amide bonds. The summed E-state index contributed by atoms with van der Waals surface area (Å²) in [6, 6.07) is 9.97. The fourth-order valence-corrected chi connectivity index (χ4v) is 1.75. The van der Waals surface area contributed by atoms with Crippen molar-refractivity contribution in [3.63, 3.8) is 0 Å². The minimum Gasteiger partial charge on any atom is -0.370 e. The summed E-state index contributed by atoms with van der Waals surface area (Å²) >= 11 is 0. The third-order valence-corrected chi connectivity index (χ3v) is 3.22. The van der Waals surface area contributed by atoms with Gasteiger partial charge >= 0.3 is 0 Å². The molecule has 18 heavy (non-hydrogen) atoms. The summed E-state index contributed by atoms with van der Waals surface area (Å²) in [7, 11) is 4.07. The van der Waals surface area contributed by atoms with E-state index in [-0.39, 0.29) is 5.56 Å². The van der Waals surface area contributed by atoms with Crippen LogP contribution in [0.3, 0.4) is 0 Å². The lowest BCUT2D eigenvalue weighted by Crippen LogP contribution is -2.32. The molecule has 0 saturated heterocycles. The van der Waals surface area contributed by atoms with E-state index in [9.17, 15) is 4.79 Å². The Hall–Kier alpha value is -1.81. The van der Waals surface area contributed by atoms with Gasteiger partial charge in [-0.15, -0.1) is 0 Å². The second-order valence-corrected chi connectivity index (χ2v) is 4.79. The third kappa shape index (κ3) is 2.71. The molecular formula is C14H19N3O. The maximum atomic E-state index is 11.9. The van der Waals surface area contributed by atoms with Gasteiger partial charge in [-0.05, 0) is 38.5 Å². The molecule has 0 spiro atoms. The zero-order valence-electron chi connectivity index (χ0n) is 11.0. The van der Waals surface area contributed by atoms with Gasteiger partial charge in [-0.1, -0.05) is 18.2 Å². The van der Waals surface area contributed by atoms with Crippen molar-refractivity contribution in [2.45, 2.75) is 13.0 Å². The molecule has 96 valence electrons. The molecular weight excluding hydrogens is 226 g/mol. The molecule has 0 fully saturated rings. The summed E-state index contributed by atoms with van der Waals surface area (Å²) in [4.78, 5) is 16.9. The molecule has 0 radical (unpaired) electrons. The Bertz CT molecular complexity index is 589. The number of benzene rings is 1. The van der Waals surface area contributed by atoms with Gasteiger partial charge in [-0.25, -0.2) is 0 Å². The number of pyridine rings is 1. The van der Waals surface area contributed by atoms with Crippen LogP contribution in [0.15, 0.2) is 35.1 Å². The van der Waals surface area contributed by atoms with Gasteiger partial charge in [0.25, 0.3) is 5.56 Å². The predicted molar refractivity (Wildman–Crippen MR) is 76.2 cm³/mol. The lowest BCUT2D eigenvalue weighted by molar-refractivity contribution is 0.326. The van der Waals surface area contributed by atoms with Crippen molar-refractivity contribution in [1.82, 2.24) is 9.88 Å². The smallest absolute Gasteiger partial charge is 0.257 e. The van der Waals surface area contributed by atoms with E-state index in [0.29, 0.717) is 6.04 Å². The predicted octanol–water partition coefficient (Wildman–Crippen LogP) is 1.89. The number of aromatic nitrogens is 1. The summed E-state index contributed by atoms with van der Waals surface area (Å²) < 4.78 is 0. The average Bonchev–Trinajstić information content (AvgIpc) is 2.36. The molecule has 1 aromatic carbocycles. The van der Waals surface area contributed by atoms with Crippen molar-refractivity contribution < 1.29 is 0 Å². The van der Waals surface area contributed by atoms with Crippen LogP contribution in [0, 0.1) is 0 Å². The summed E-state index contributed by atoms with van der Waals surface area (Å²) in [5, 5.41) is 4.95. The molecule has 1 heterocycles. The molecule has 2 aromatic rings. The number of H-pyrrole nitrogens is 1. The Balaban J connectivity index is 2.22. The Morgan fingerprint density at radius 2 is 2.06 bits per heavy atom. The third-order valence-electron chi connectivity index (χ3n) is 3.22. The number of aromatic amines is 1. The lowest BCUT2D eigenvalue weighted by Gasteiger charge is -2.20. The van der Waals surface area contributed by atoms with Gasteiger partial charge < -0.3 is 15.2 Å². The topological polar surface area (TPSA) is 48.1 Å². The lowest BCUT2D eigenvalue weighted by atomic mass is 10.2. The molecule has 4 heteroatoms. The summed E-state index contributed by atoms with van der Waals surface area (Å²) in [6.45, 7) is 2.92. The van der Waals surface area contributed by atoms with Gasteiger partial charge in [0.1, 0.15) is 5.82 Å². The molecule has 1 unspecified atom stereocenters. The molecule has 0 bridgehead atoms. The molecule has 0 aliphatic heterocycles. The molecule has 1 atom stereocenters. The van der Waals surface area contributed by atoms with Crippen LogP contribution in [-0.4, -0.2) is 36.6 Å². The molecule has 2 rings (SSSR count). The summed E-state index contributed by atoms with van der Waals surface area (Å²) in [6.07, 6.45) is 0. The zero-order valence-corrected chi connectivity index (χ0v) is 11.0. The highest BCUT2D eigenvalue weighted by Gasteiger charge is 2.05. The van der Waals surface area contributed by atoms with Crippen molar-refractivity contribution in [1.29, 1.82) is 0 Å². The summed E-state index contributed by atoms with van der Waals surface area (Å²) in [5.74, 6) is 0.771. The number of nitrogens with one attached hydrogen (secondary N) is 2. The fourth-order valence-electron chi connectivity index (χ4n) is 1.75. The first kappa shape index (κ1) is 12.6. The zero-order chi connectivity index (χ0) is 13.1. The number of hydrogen-bond acceptors (Lipinski definition) is 3. The normalized spacial score (nSPS) is 12.9. The van der Waals surface area contributed by atoms with E-state index in [4.69, 9.17) is 0 Å². The van der Waals surface area contributed by atoms with E-state index in [1.807, 2.05) is 44.4 Å². The van der Waals surface area contributed by atoms with Gasteiger partial charge in [0.05, 0.1) is 0 Å². The first-order chi connectivity index (χ1) is 8.58. The highest BCUT2D eigenvalue weighted by atomic mass is 16.1. The monoisotopic (exact) mass is 245 g/mol. The van der Waals surface area contributed by atoms with E-state index >= 15 is 0 Å². The second kappa shape index (κ2) is 5.23. The highest BCUT2D eigenvalue weighted by Crippen LogP contribution is 2.12. The minimum atomic E-state index is -0.0480. The van der Waals surface area contributed by atoms with Gasteiger partial charge in [0.15, 0.2) is 0 Å². The van der Waals surface area contributed by atoms with Gasteiger partial charge in [0, 0.05) is 18.0 Å². The van der Waals surface area contributed by atoms with Crippen LogP contribution in [0.25, 0.3) is 10.8 Å². The molecule has 0 saturated carbocycles. The standard InChI is InChI=1S/C14H19N3O/c1-10(17(2)3)9-15-13-8-11-6-4-5-7-12(11)14(18)16-13/h4-8,10H,9H2,1-3H3,(H2,15,16,18). The van der Waals surface area contributed by atoms with Crippen LogP contribution in [-0.2, 0) is 0 Å². The maximum absolute atomic E-state index is 11.9. The number of rotatable bonds is 4. The van der Waals surface area contributed by atoms with Crippen molar-refractivity contribution in [2.24, 2.45) is 0 Å². The summed E-state index contributed by atoms with van der Waals surface area (Å²) in [5.41, 5.74) is -0.0480.